The zero-order valence-corrected chi connectivity index (χ0v) is 15.4. The molecule has 0 fully saturated rings. The monoisotopic (exact) mass is 360 g/mol. The van der Waals surface area contributed by atoms with Gasteiger partial charge in [-0.05, 0) is 30.4 Å². The third kappa shape index (κ3) is 5.71. The third-order valence-corrected chi connectivity index (χ3v) is 4.61. The SMILES string of the molecule is COC/C=C/CC1CC(O)C(C)C/C=C/Cc2cccc(O)c2C(=O)O1. The standard InChI is InChI=1S/C21H28O5/c1-15-8-3-4-9-16-10-7-12-18(22)20(16)21(24)26-17(14-19(15)23)11-5-6-13-25-2/h3-7,10,12,15,17,19,22-23H,8-9,11,13-14H2,1-2H3/b4-3+,6-5+. The van der Waals surface area contributed by atoms with Crippen molar-refractivity contribution in [2.45, 2.75) is 44.8 Å². The Labute approximate surface area is 154 Å². The van der Waals surface area contributed by atoms with Crippen molar-refractivity contribution >= 4 is 5.97 Å². The second-order valence-electron chi connectivity index (χ2n) is 6.69. The molecule has 1 aliphatic rings. The molecule has 1 aliphatic heterocycles. The van der Waals surface area contributed by atoms with Gasteiger partial charge in [0.05, 0.1) is 12.7 Å². The fourth-order valence-corrected chi connectivity index (χ4v) is 2.99. The molecule has 26 heavy (non-hydrogen) atoms. The lowest BCUT2D eigenvalue weighted by Gasteiger charge is -2.24. The van der Waals surface area contributed by atoms with Crippen molar-refractivity contribution in [1.82, 2.24) is 0 Å². The molecule has 3 unspecified atom stereocenters. The fourth-order valence-electron chi connectivity index (χ4n) is 2.99. The average Bonchev–Trinajstić information content (AvgIpc) is 2.61. The van der Waals surface area contributed by atoms with E-state index in [0.717, 1.165) is 12.0 Å². The van der Waals surface area contributed by atoms with Crippen LogP contribution in [0.1, 0.15) is 42.1 Å². The molecule has 1 aromatic carbocycles. The smallest absolute Gasteiger partial charge is 0.342 e. The molecule has 0 saturated heterocycles. The number of cyclic esters (lactones) is 1. The lowest BCUT2D eigenvalue weighted by Crippen LogP contribution is -2.28. The van der Waals surface area contributed by atoms with Crippen molar-refractivity contribution in [3.8, 4) is 5.75 Å². The van der Waals surface area contributed by atoms with Crippen LogP contribution in [0.3, 0.4) is 0 Å². The van der Waals surface area contributed by atoms with Gasteiger partial charge in [-0.3, -0.25) is 0 Å². The van der Waals surface area contributed by atoms with Crippen LogP contribution in [-0.2, 0) is 15.9 Å². The van der Waals surface area contributed by atoms with Gasteiger partial charge in [-0.1, -0.05) is 43.4 Å². The van der Waals surface area contributed by atoms with Crippen LogP contribution in [0, 0.1) is 5.92 Å². The van der Waals surface area contributed by atoms with Crippen molar-refractivity contribution in [1.29, 1.82) is 0 Å². The molecule has 1 aromatic rings. The molecule has 2 rings (SSSR count). The van der Waals surface area contributed by atoms with E-state index in [9.17, 15) is 15.0 Å². The Bertz CT molecular complexity index is 650. The average molecular weight is 360 g/mol. The second kappa shape index (κ2) is 10.1. The van der Waals surface area contributed by atoms with Crippen molar-refractivity contribution in [3.63, 3.8) is 0 Å². The van der Waals surface area contributed by atoms with E-state index >= 15 is 0 Å². The number of aliphatic hydroxyl groups excluding tert-OH is 1. The molecule has 3 atom stereocenters. The topological polar surface area (TPSA) is 76.0 Å². The second-order valence-corrected chi connectivity index (χ2v) is 6.69. The molecule has 0 radical (unpaired) electrons. The van der Waals surface area contributed by atoms with Crippen LogP contribution in [0.15, 0.2) is 42.5 Å². The molecule has 142 valence electrons. The van der Waals surface area contributed by atoms with Crippen LogP contribution in [0.25, 0.3) is 0 Å². The van der Waals surface area contributed by atoms with Crippen molar-refractivity contribution < 1.29 is 24.5 Å². The van der Waals surface area contributed by atoms with E-state index in [1.807, 2.05) is 37.3 Å². The number of benzene rings is 1. The number of ether oxygens (including phenoxy) is 2. The molecule has 5 nitrogen and oxygen atoms in total. The van der Waals surface area contributed by atoms with Crippen LogP contribution >= 0.6 is 0 Å². The number of aliphatic hydroxyl groups is 1. The molecule has 2 N–H and O–H groups in total. The maximum atomic E-state index is 12.7. The van der Waals surface area contributed by atoms with E-state index in [1.165, 1.54) is 6.07 Å². The van der Waals surface area contributed by atoms with Gasteiger partial charge in [0.25, 0.3) is 0 Å². The Balaban J connectivity index is 2.27. The highest BCUT2D eigenvalue weighted by Gasteiger charge is 2.25. The van der Waals surface area contributed by atoms with Crippen LogP contribution in [0.4, 0.5) is 0 Å². The lowest BCUT2D eigenvalue weighted by molar-refractivity contribution is 0.00679. The molecule has 0 aromatic heterocycles. The predicted octanol–water partition coefficient (Wildman–Crippen LogP) is 3.40. The maximum absolute atomic E-state index is 12.7. The Morgan fingerprint density at radius 3 is 2.88 bits per heavy atom. The first kappa shape index (κ1) is 20.2. The molecular weight excluding hydrogens is 332 g/mol. The molecule has 0 saturated carbocycles. The van der Waals surface area contributed by atoms with Gasteiger partial charge < -0.3 is 19.7 Å². The van der Waals surface area contributed by atoms with E-state index in [2.05, 4.69) is 0 Å². The minimum Gasteiger partial charge on any atom is -0.507 e. The minimum absolute atomic E-state index is 0.0680. The summed E-state index contributed by atoms with van der Waals surface area (Å²) in [6.07, 6.45) is 8.78. The van der Waals surface area contributed by atoms with Gasteiger partial charge in [-0.25, -0.2) is 4.79 Å². The summed E-state index contributed by atoms with van der Waals surface area (Å²) >= 11 is 0. The minimum atomic E-state index is -0.573. The highest BCUT2D eigenvalue weighted by molar-refractivity contribution is 5.94. The number of esters is 1. The Hall–Kier alpha value is -2.11. The molecule has 0 aliphatic carbocycles. The van der Waals surface area contributed by atoms with Gasteiger partial charge in [0.15, 0.2) is 0 Å². The van der Waals surface area contributed by atoms with Crippen LogP contribution in [0.5, 0.6) is 5.75 Å². The number of phenols is 1. The van der Waals surface area contributed by atoms with Crippen molar-refractivity contribution in [2.24, 2.45) is 5.92 Å². The van der Waals surface area contributed by atoms with Crippen LogP contribution < -0.4 is 0 Å². The summed E-state index contributed by atoms with van der Waals surface area (Å²) in [5.74, 6) is -0.573. The predicted molar refractivity (Wildman–Crippen MR) is 100 cm³/mol. The summed E-state index contributed by atoms with van der Waals surface area (Å²) in [5.41, 5.74) is 0.930. The number of allylic oxidation sites excluding steroid dienone is 2. The summed E-state index contributed by atoms with van der Waals surface area (Å²) in [5, 5.41) is 20.6. The number of fused-ring (bicyclic) bond motifs is 1. The third-order valence-electron chi connectivity index (χ3n) is 4.61. The van der Waals surface area contributed by atoms with Crippen molar-refractivity contribution in [2.75, 3.05) is 13.7 Å². The summed E-state index contributed by atoms with van der Waals surface area (Å²) < 4.78 is 10.6. The molecule has 0 bridgehead atoms. The summed E-state index contributed by atoms with van der Waals surface area (Å²) in [6, 6.07) is 5.02. The largest absolute Gasteiger partial charge is 0.507 e. The van der Waals surface area contributed by atoms with E-state index in [0.29, 0.717) is 25.9 Å². The Kier molecular flexibility index (Phi) is 7.88. The highest BCUT2D eigenvalue weighted by atomic mass is 16.5. The molecular formula is C21H28O5. The van der Waals surface area contributed by atoms with E-state index in [1.54, 1.807) is 13.2 Å². The number of carbonyl (C=O) groups is 1. The molecule has 0 amide bonds. The van der Waals surface area contributed by atoms with Gasteiger partial charge in [0.2, 0.25) is 0 Å². The number of phenolic OH excluding ortho intramolecular Hbond substituents is 1. The van der Waals surface area contributed by atoms with Gasteiger partial charge in [0.1, 0.15) is 17.4 Å². The number of hydrogen-bond donors (Lipinski definition) is 2. The highest BCUT2D eigenvalue weighted by Crippen LogP contribution is 2.26. The Morgan fingerprint density at radius 1 is 1.31 bits per heavy atom. The fraction of sp³-hybridized carbons (Fsp3) is 0.476. The molecule has 1 heterocycles. The zero-order chi connectivity index (χ0) is 18.9. The van der Waals surface area contributed by atoms with Crippen LogP contribution in [0.2, 0.25) is 0 Å². The first-order valence-corrected chi connectivity index (χ1v) is 9.01. The summed E-state index contributed by atoms with van der Waals surface area (Å²) in [4.78, 5) is 12.7. The quantitative estimate of drug-likeness (QED) is 0.636. The van der Waals surface area contributed by atoms with Gasteiger partial charge in [0, 0.05) is 20.0 Å². The number of aromatic hydroxyl groups is 1. The number of carbonyl (C=O) groups excluding carboxylic acids is 1. The van der Waals surface area contributed by atoms with Gasteiger partial charge >= 0.3 is 5.97 Å². The molecule has 0 spiro atoms. The number of rotatable bonds is 4. The first-order valence-electron chi connectivity index (χ1n) is 9.01. The summed E-state index contributed by atoms with van der Waals surface area (Å²) in [7, 11) is 1.61. The van der Waals surface area contributed by atoms with E-state index in [4.69, 9.17) is 9.47 Å². The summed E-state index contributed by atoms with van der Waals surface area (Å²) in [6.45, 7) is 2.47. The Morgan fingerprint density at radius 2 is 2.12 bits per heavy atom. The zero-order valence-electron chi connectivity index (χ0n) is 15.4. The first-order chi connectivity index (χ1) is 12.5. The normalized spacial score (nSPS) is 25.8. The van der Waals surface area contributed by atoms with Gasteiger partial charge in [-0.2, -0.15) is 0 Å². The lowest BCUT2D eigenvalue weighted by atomic mass is 9.93. The number of methoxy groups -OCH3 is 1. The van der Waals surface area contributed by atoms with Crippen LogP contribution in [-0.4, -0.2) is 42.1 Å². The number of hydrogen-bond acceptors (Lipinski definition) is 5. The van der Waals surface area contributed by atoms with Gasteiger partial charge in [-0.15, -0.1) is 0 Å². The van der Waals surface area contributed by atoms with Crippen molar-refractivity contribution in [3.05, 3.63) is 53.6 Å². The maximum Gasteiger partial charge on any atom is 0.342 e. The van der Waals surface area contributed by atoms with E-state index < -0.39 is 18.2 Å². The molecule has 5 heteroatoms. The van der Waals surface area contributed by atoms with E-state index in [-0.39, 0.29) is 17.2 Å².